The number of thiol groups is 1. The van der Waals surface area contributed by atoms with E-state index < -0.39 is 5.97 Å². The Bertz CT molecular complexity index is 691. The van der Waals surface area contributed by atoms with Gasteiger partial charge in [0.1, 0.15) is 6.54 Å². The number of amides is 1. The summed E-state index contributed by atoms with van der Waals surface area (Å²) in [6.45, 7) is -0.336. The molecule has 26 heavy (non-hydrogen) atoms. The first-order valence-corrected chi connectivity index (χ1v) is 9.48. The van der Waals surface area contributed by atoms with E-state index in [4.69, 9.17) is 0 Å². The largest absolute Gasteiger partial charge is 0.480 e. The standard InChI is InChI=1S/C21H25NO3S/c23-20(24)15-22(19-13-5-2-6-14-19)21(25)18(16-26)12-8-7-11-17-9-3-1-4-10-17/h1-6,9-10,13-14,18,26H,7-8,11-12,15-16H2,(H,23,24). The number of hydrogen-bond acceptors (Lipinski definition) is 3. The van der Waals surface area contributed by atoms with Crippen molar-refractivity contribution in [2.45, 2.75) is 25.7 Å². The lowest BCUT2D eigenvalue weighted by Crippen LogP contribution is -2.40. The molecule has 0 saturated heterocycles. The van der Waals surface area contributed by atoms with Crippen LogP contribution in [0.25, 0.3) is 0 Å². The van der Waals surface area contributed by atoms with Crippen LogP contribution in [-0.2, 0) is 16.0 Å². The van der Waals surface area contributed by atoms with Crippen molar-refractivity contribution < 1.29 is 14.7 Å². The number of unbranched alkanes of at least 4 members (excludes halogenated alkanes) is 1. The first-order valence-electron chi connectivity index (χ1n) is 8.85. The molecule has 138 valence electrons. The van der Waals surface area contributed by atoms with Gasteiger partial charge in [-0.2, -0.15) is 12.6 Å². The molecule has 4 nitrogen and oxygen atoms in total. The van der Waals surface area contributed by atoms with E-state index in [1.54, 1.807) is 24.3 Å². The summed E-state index contributed by atoms with van der Waals surface area (Å²) in [5.74, 6) is -1.07. The van der Waals surface area contributed by atoms with Crippen molar-refractivity contribution in [2.24, 2.45) is 5.92 Å². The number of carbonyl (C=O) groups excluding carboxylic acids is 1. The number of aliphatic carboxylic acids is 1. The van der Waals surface area contributed by atoms with E-state index in [2.05, 4.69) is 24.8 Å². The van der Waals surface area contributed by atoms with Crippen LogP contribution in [0.15, 0.2) is 60.7 Å². The quantitative estimate of drug-likeness (QED) is 0.489. The van der Waals surface area contributed by atoms with Crippen LogP contribution < -0.4 is 4.90 Å². The summed E-state index contributed by atoms with van der Waals surface area (Å²) >= 11 is 4.33. The zero-order valence-electron chi connectivity index (χ0n) is 14.8. The topological polar surface area (TPSA) is 57.6 Å². The van der Waals surface area contributed by atoms with Gasteiger partial charge in [0.15, 0.2) is 0 Å². The number of rotatable bonds is 10. The highest BCUT2D eigenvalue weighted by molar-refractivity contribution is 7.80. The van der Waals surface area contributed by atoms with Gasteiger partial charge in [-0.1, -0.05) is 55.0 Å². The lowest BCUT2D eigenvalue weighted by Gasteiger charge is -2.25. The Morgan fingerprint density at radius 2 is 1.58 bits per heavy atom. The van der Waals surface area contributed by atoms with Crippen LogP contribution in [-0.4, -0.2) is 29.3 Å². The third-order valence-electron chi connectivity index (χ3n) is 4.31. The molecule has 0 saturated carbocycles. The second kappa shape index (κ2) is 10.7. The third kappa shape index (κ3) is 6.23. The van der Waals surface area contributed by atoms with Crippen LogP contribution in [0.5, 0.6) is 0 Å². The number of aryl methyl sites for hydroxylation is 1. The van der Waals surface area contributed by atoms with Crippen LogP contribution in [0.1, 0.15) is 24.8 Å². The van der Waals surface area contributed by atoms with Gasteiger partial charge < -0.3 is 10.0 Å². The van der Waals surface area contributed by atoms with E-state index in [-0.39, 0.29) is 18.4 Å². The smallest absolute Gasteiger partial charge is 0.323 e. The van der Waals surface area contributed by atoms with E-state index in [0.29, 0.717) is 17.9 Å². The van der Waals surface area contributed by atoms with Crippen LogP contribution >= 0.6 is 12.6 Å². The summed E-state index contributed by atoms with van der Waals surface area (Å²) in [5, 5.41) is 9.18. The maximum Gasteiger partial charge on any atom is 0.323 e. The molecule has 2 rings (SSSR count). The molecule has 1 N–H and O–H groups in total. The molecule has 5 heteroatoms. The minimum atomic E-state index is -1.02. The van der Waals surface area contributed by atoms with Crippen molar-refractivity contribution >= 4 is 30.2 Å². The van der Waals surface area contributed by atoms with Crippen molar-refractivity contribution in [1.29, 1.82) is 0 Å². The fraction of sp³-hybridized carbons (Fsp3) is 0.333. The second-order valence-electron chi connectivity index (χ2n) is 6.26. The summed E-state index contributed by atoms with van der Waals surface area (Å²) in [5.41, 5.74) is 1.90. The molecule has 0 aromatic heterocycles. The summed E-state index contributed by atoms with van der Waals surface area (Å²) in [4.78, 5) is 25.4. The first kappa shape index (κ1) is 20.0. The first-order chi connectivity index (χ1) is 12.6. The molecule has 0 bridgehead atoms. The Morgan fingerprint density at radius 3 is 2.15 bits per heavy atom. The second-order valence-corrected chi connectivity index (χ2v) is 6.63. The van der Waals surface area contributed by atoms with Gasteiger partial charge in [-0.15, -0.1) is 0 Å². The molecule has 0 heterocycles. The normalized spacial score (nSPS) is 11.7. The van der Waals surface area contributed by atoms with Gasteiger partial charge in [0.05, 0.1) is 0 Å². The van der Waals surface area contributed by atoms with Crippen LogP contribution in [0, 0.1) is 5.92 Å². The lowest BCUT2D eigenvalue weighted by atomic mass is 9.99. The summed E-state index contributed by atoms with van der Waals surface area (Å²) in [7, 11) is 0. The maximum atomic E-state index is 12.9. The average Bonchev–Trinajstić information content (AvgIpc) is 2.67. The highest BCUT2D eigenvalue weighted by atomic mass is 32.1. The average molecular weight is 372 g/mol. The number of hydrogen-bond donors (Lipinski definition) is 2. The molecule has 1 unspecified atom stereocenters. The molecule has 0 spiro atoms. The predicted molar refractivity (Wildman–Crippen MR) is 108 cm³/mol. The zero-order chi connectivity index (χ0) is 18.8. The molecular formula is C21H25NO3S. The molecule has 1 amide bonds. The highest BCUT2D eigenvalue weighted by Crippen LogP contribution is 2.21. The van der Waals surface area contributed by atoms with Crippen LogP contribution in [0.3, 0.4) is 0 Å². The van der Waals surface area contributed by atoms with Gasteiger partial charge in [0, 0.05) is 17.4 Å². The van der Waals surface area contributed by atoms with Gasteiger partial charge in [-0.25, -0.2) is 0 Å². The molecular weight excluding hydrogens is 346 g/mol. The molecule has 0 aliphatic rings. The number of nitrogens with zero attached hydrogens (tertiary/aromatic N) is 1. The molecule has 0 aliphatic heterocycles. The monoisotopic (exact) mass is 371 g/mol. The Hall–Kier alpha value is -2.27. The Balaban J connectivity index is 1.94. The van der Waals surface area contributed by atoms with Crippen molar-refractivity contribution in [3.05, 3.63) is 66.2 Å². The SMILES string of the molecule is O=C(O)CN(C(=O)C(CS)CCCCc1ccccc1)c1ccccc1. The predicted octanol–water partition coefficient (Wildman–Crippen LogP) is 4.06. The number of para-hydroxylation sites is 1. The lowest BCUT2D eigenvalue weighted by molar-refractivity contribution is -0.137. The molecule has 1 atom stereocenters. The minimum absolute atomic E-state index is 0.173. The van der Waals surface area contributed by atoms with E-state index in [1.165, 1.54) is 10.5 Å². The zero-order valence-corrected chi connectivity index (χ0v) is 15.6. The van der Waals surface area contributed by atoms with E-state index in [0.717, 1.165) is 19.3 Å². The summed E-state index contributed by atoms with van der Waals surface area (Å²) in [6, 6.07) is 19.2. The number of carboxylic acids is 1. The Labute approximate surface area is 160 Å². The fourth-order valence-corrected chi connectivity index (χ4v) is 3.26. The third-order valence-corrected chi connectivity index (χ3v) is 4.75. The number of carboxylic acid groups (broad SMARTS) is 1. The minimum Gasteiger partial charge on any atom is -0.480 e. The molecule has 0 radical (unpaired) electrons. The molecule has 0 fully saturated rings. The van der Waals surface area contributed by atoms with Crippen LogP contribution in [0.2, 0.25) is 0 Å². The van der Waals surface area contributed by atoms with Crippen molar-refractivity contribution in [3.8, 4) is 0 Å². The van der Waals surface area contributed by atoms with Gasteiger partial charge in [-0.3, -0.25) is 9.59 Å². The fourth-order valence-electron chi connectivity index (χ4n) is 2.92. The summed E-state index contributed by atoms with van der Waals surface area (Å²) in [6.07, 6.45) is 3.58. The van der Waals surface area contributed by atoms with E-state index in [1.807, 2.05) is 24.3 Å². The van der Waals surface area contributed by atoms with Gasteiger partial charge >= 0.3 is 5.97 Å². The molecule has 2 aromatic rings. The van der Waals surface area contributed by atoms with Gasteiger partial charge in [-0.05, 0) is 37.0 Å². The van der Waals surface area contributed by atoms with E-state index in [9.17, 15) is 14.7 Å². The van der Waals surface area contributed by atoms with Gasteiger partial charge in [0.25, 0.3) is 0 Å². The number of benzene rings is 2. The van der Waals surface area contributed by atoms with E-state index >= 15 is 0 Å². The number of anilines is 1. The maximum absolute atomic E-state index is 12.9. The van der Waals surface area contributed by atoms with Crippen LogP contribution in [0.4, 0.5) is 5.69 Å². The van der Waals surface area contributed by atoms with Crippen molar-refractivity contribution in [2.75, 3.05) is 17.2 Å². The van der Waals surface area contributed by atoms with Crippen molar-refractivity contribution in [3.63, 3.8) is 0 Å². The molecule has 0 aliphatic carbocycles. The molecule has 2 aromatic carbocycles. The Morgan fingerprint density at radius 1 is 0.962 bits per heavy atom. The van der Waals surface area contributed by atoms with Crippen molar-refractivity contribution in [1.82, 2.24) is 0 Å². The summed E-state index contributed by atoms with van der Waals surface area (Å²) < 4.78 is 0. The number of carbonyl (C=O) groups is 2. The highest BCUT2D eigenvalue weighted by Gasteiger charge is 2.25. The van der Waals surface area contributed by atoms with Gasteiger partial charge in [0.2, 0.25) is 5.91 Å². The Kier molecular flexibility index (Phi) is 8.22.